The molecule has 0 spiro atoms. The van der Waals surface area contributed by atoms with E-state index in [0.29, 0.717) is 11.6 Å². The molecule has 0 bridgehead atoms. The molecule has 8 heteroatoms. The standard InChI is InChI=1S/C15H14N4O3S/c1-22-15-8-7-12(9-16-15)18-23(20,21)14-10-17-19(11-14)13-5-3-2-4-6-13/h2-11,18H,1H3. The number of anilines is 1. The van der Waals surface area contributed by atoms with Gasteiger partial charge in [0, 0.05) is 6.07 Å². The lowest BCUT2D eigenvalue weighted by Crippen LogP contribution is -2.12. The van der Waals surface area contributed by atoms with Gasteiger partial charge < -0.3 is 4.74 Å². The van der Waals surface area contributed by atoms with E-state index in [-0.39, 0.29) is 4.90 Å². The Hall–Kier alpha value is -2.87. The van der Waals surface area contributed by atoms with E-state index in [2.05, 4.69) is 14.8 Å². The quantitative estimate of drug-likeness (QED) is 0.774. The molecule has 0 atom stereocenters. The average Bonchev–Trinajstić information content (AvgIpc) is 3.07. The van der Waals surface area contributed by atoms with Crippen molar-refractivity contribution in [2.45, 2.75) is 4.90 Å². The van der Waals surface area contributed by atoms with E-state index in [1.807, 2.05) is 30.3 Å². The number of rotatable bonds is 5. The summed E-state index contributed by atoms with van der Waals surface area (Å²) in [4.78, 5) is 4.02. The normalized spacial score (nSPS) is 11.2. The van der Waals surface area contributed by atoms with Crippen LogP contribution in [0.3, 0.4) is 0 Å². The summed E-state index contributed by atoms with van der Waals surface area (Å²) in [5.41, 5.74) is 1.12. The third kappa shape index (κ3) is 3.32. The Morgan fingerprint density at radius 3 is 2.52 bits per heavy atom. The summed E-state index contributed by atoms with van der Waals surface area (Å²) in [5, 5.41) is 4.08. The predicted molar refractivity (Wildman–Crippen MR) is 85.2 cm³/mol. The minimum absolute atomic E-state index is 0.0668. The Bertz CT molecular complexity index is 890. The Balaban J connectivity index is 1.83. The SMILES string of the molecule is COc1ccc(NS(=O)(=O)c2cnn(-c3ccccc3)c2)cn1. The second-order valence-corrected chi connectivity index (χ2v) is 6.33. The van der Waals surface area contributed by atoms with Crippen molar-refractivity contribution in [2.24, 2.45) is 0 Å². The zero-order valence-electron chi connectivity index (χ0n) is 12.2. The number of aromatic nitrogens is 3. The lowest BCUT2D eigenvalue weighted by molar-refractivity contribution is 0.398. The van der Waals surface area contributed by atoms with E-state index in [9.17, 15) is 8.42 Å². The number of pyridine rings is 1. The molecular formula is C15H14N4O3S. The Kier molecular flexibility index (Phi) is 3.98. The summed E-state index contributed by atoms with van der Waals surface area (Å²) in [7, 11) is -2.24. The third-order valence-electron chi connectivity index (χ3n) is 3.09. The van der Waals surface area contributed by atoms with Crippen molar-refractivity contribution in [3.05, 3.63) is 61.1 Å². The topological polar surface area (TPSA) is 86.1 Å². The molecule has 0 unspecified atom stereocenters. The first-order chi connectivity index (χ1) is 11.1. The minimum Gasteiger partial charge on any atom is -0.481 e. The number of ether oxygens (including phenoxy) is 1. The fourth-order valence-electron chi connectivity index (χ4n) is 1.94. The van der Waals surface area contributed by atoms with E-state index < -0.39 is 10.0 Å². The van der Waals surface area contributed by atoms with Crippen molar-refractivity contribution in [1.29, 1.82) is 0 Å². The Morgan fingerprint density at radius 2 is 1.87 bits per heavy atom. The van der Waals surface area contributed by atoms with Crippen LogP contribution in [0.1, 0.15) is 0 Å². The molecule has 118 valence electrons. The molecule has 7 nitrogen and oxygen atoms in total. The summed E-state index contributed by atoms with van der Waals surface area (Å²) in [6, 6.07) is 12.4. The van der Waals surface area contributed by atoms with Crippen molar-refractivity contribution in [2.75, 3.05) is 11.8 Å². The smallest absolute Gasteiger partial charge is 0.265 e. The number of methoxy groups -OCH3 is 1. The highest BCUT2D eigenvalue weighted by atomic mass is 32.2. The molecule has 23 heavy (non-hydrogen) atoms. The van der Waals surface area contributed by atoms with Crippen LogP contribution in [0.15, 0.2) is 66.0 Å². The summed E-state index contributed by atoms with van der Waals surface area (Å²) in [6.45, 7) is 0. The molecule has 1 N–H and O–H groups in total. The second-order valence-electron chi connectivity index (χ2n) is 4.65. The first-order valence-electron chi connectivity index (χ1n) is 6.71. The van der Waals surface area contributed by atoms with E-state index in [0.717, 1.165) is 5.69 Å². The highest BCUT2D eigenvalue weighted by Gasteiger charge is 2.17. The van der Waals surface area contributed by atoms with E-state index in [1.54, 1.807) is 12.1 Å². The summed E-state index contributed by atoms with van der Waals surface area (Å²) >= 11 is 0. The lowest BCUT2D eigenvalue weighted by Gasteiger charge is -2.06. The van der Waals surface area contributed by atoms with Crippen LogP contribution in [-0.2, 0) is 10.0 Å². The van der Waals surface area contributed by atoms with Gasteiger partial charge in [-0.15, -0.1) is 0 Å². The lowest BCUT2D eigenvalue weighted by atomic mass is 10.3. The molecule has 0 aliphatic rings. The van der Waals surface area contributed by atoms with Gasteiger partial charge in [-0.2, -0.15) is 5.10 Å². The van der Waals surface area contributed by atoms with Gasteiger partial charge in [0.15, 0.2) is 0 Å². The van der Waals surface area contributed by atoms with Crippen molar-refractivity contribution in [1.82, 2.24) is 14.8 Å². The van der Waals surface area contributed by atoms with Crippen molar-refractivity contribution in [3.8, 4) is 11.6 Å². The van der Waals surface area contributed by atoms with E-state index in [4.69, 9.17) is 4.74 Å². The number of nitrogens with zero attached hydrogens (tertiary/aromatic N) is 3. The zero-order chi connectivity index (χ0) is 16.3. The first kappa shape index (κ1) is 15.0. The maximum Gasteiger partial charge on any atom is 0.265 e. The number of hydrogen-bond donors (Lipinski definition) is 1. The molecule has 2 heterocycles. The van der Waals surface area contributed by atoms with Gasteiger partial charge in [0.05, 0.1) is 37.1 Å². The average molecular weight is 330 g/mol. The Labute approximate surface area is 133 Å². The summed E-state index contributed by atoms with van der Waals surface area (Å²) in [6.07, 6.45) is 4.14. The molecular weight excluding hydrogens is 316 g/mol. The molecule has 0 radical (unpaired) electrons. The number of benzene rings is 1. The number of sulfonamides is 1. The van der Waals surface area contributed by atoms with Gasteiger partial charge in [0.1, 0.15) is 4.90 Å². The van der Waals surface area contributed by atoms with Crippen LogP contribution in [0.4, 0.5) is 5.69 Å². The minimum atomic E-state index is -3.73. The summed E-state index contributed by atoms with van der Waals surface area (Å²) in [5.74, 6) is 0.407. The van der Waals surface area contributed by atoms with E-state index in [1.165, 1.54) is 30.4 Å². The van der Waals surface area contributed by atoms with Crippen LogP contribution < -0.4 is 9.46 Å². The molecule has 0 saturated heterocycles. The fourth-order valence-corrected chi connectivity index (χ4v) is 2.92. The number of para-hydroxylation sites is 1. The predicted octanol–water partition coefficient (Wildman–Crippen LogP) is 2.08. The molecule has 3 aromatic rings. The van der Waals surface area contributed by atoms with Crippen LogP contribution in [0.25, 0.3) is 5.69 Å². The first-order valence-corrected chi connectivity index (χ1v) is 8.20. The van der Waals surface area contributed by atoms with Crippen LogP contribution in [-0.4, -0.2) is 30.3 Å². The van der Waals surface area contributed by atoms with Crippen LogP contribution in [0, 0.1) is 0 Å². The van der Waals surface area contributed by atoms with E-state index >= 15 is 0 Å². The molecule has 0 aliphatic carbocycles. The Morgan fingerprint density at radius 1 is 1.09 bits per heavy atom. The molecule has 0 fully saturated rings. The molecule has 0 saturated carbocycles. The monoisotopic (exact) mass is 330 g/mol. The molecule has 0 amide bonds. The van der Waals surface area contributed by atoms with Gasteiger partial charge in [-0.05, 0) is 18.2 Å². The maximum absolute atomic E-state index is 12.4. The second kappa shape index (κ2) is 6.09. The molecule has 3 rings (SSSR count). The van der Waals surface area contributed by atoms with Crippen LogP contribution >= 0.6 is 0 Å². The van der Waals surface area contributed by atoms with Crippen molar-refractivity contribution in [3.63, 3.8) is 0 Å². The van der Waals surface area contributed by atoms with Gasteiger partial charge >= 0.3 is 0 Å². The number of hydrogen-bond acceptors (Lipinski definition) is 5. The van der Waals surface area contributed by atoms with Gasteiger partial charge in [-0.1, -0.05) is 18.2 Å². The fraction of sp³-hybridized carbons (Fsp3) is 0.0667. The highest BCUT2D eigenvalue weighted by molar-refractivity contribution is 7.92. The molecule has 1 aromatic carbocycles. The zero-order valence-corrected chi connectivity index (χ0v) is 13.1. The maximum atomic E-state index is 12.4. The highest BCUT2D eigenvalue weighted by Crippen LogP contribution is 2.18. The van der Waals surface area contributed by atoms with Gasteiger partial charge in [-0.3, -0.25) is 4.72 Å². The summed E-state index contributed by atoms with van der Waals surface area (Å²) < 4.78 is 33.6. The molecule has 0 aliphatic heterocycles. The third-order valence-corrected chi connectivity index (χ3v) is 4.42. The van der Waals surface area contributed by atoms with Gasteiger partial charge in [0.25, 0.3) is 10.0 Å². The largest absolute Gasteiger partial charge is 0.481 e. The number of nitrogens with one attached hydrogen (secondary N) is 1. The van der Waals surface area contributed by atoms with Crippen LogP contribution in [0.2, 0.25) is 0 Å². The van der Waals surface area contributed by atoms with Crippen molar-refractivity contribution < 1.29 is 13.2 Å². The van der Waals surface area contributed by atoms with Gasteiger partial charge in [0.2, 0.25) is 5.88 Å². The van der Waals surface area contributed by atoms with Gasteiger partial charge in [-0.25, -0.2) is 18.1 Å². The molecule has 2 aromatic heterocycles. The van der Waals surface area contributed by atoms with Crippen LogP contribution in [0.5, 0.6) is 5.88 Å². The van der Waals surface area contributed by atoms with Crippen molar-refractivity contribution >= 4 is 15.7 Å².